The van der Waals surface area contributed by atoms with Gasteiger partial charge in [0.2, 0.25) is 0 Å². The average molecular weight is 312 g/mol. The summed E-state index contributed by atoms with van der Waals surface area (Å²) in [6.07, 6.45) is 10.8. The molecule has 1 fully saturated rings. The number of nitrogens with one attached hydrogen (secondary N) is 1. The maximum absolute atomic E-state index is 4.09. The van der Waals surface area contributed by atoms with Crippen LogP contribution in [-0.2, 0) is 6.54 Å². The fourth-order valence-corrected chi connectivity index (χ4v) is 3.20. The van der Waals surface area contributed by atoms with E-state index in [-0.39, 0.29) is 0 Å². The van der Waals surface area contributed by atoms with Crippen molar-refractivity contribution in [2.24, 2.45) is 0 Å². The van der Waals surface area contributed by atoms with Gasteiger partial charge in [-0.05, 0) is 56.6 Å². The van der Waals surface area contributed by atoms with Gasteiger partial charge in [0.05, 0.1) is 6.33 Å². The molecule has 1 aromatic carbocycles. The first-order valence-corrected chi connectivity index (χ1v) is 8.88. The zero-order valence-corrected chi connectivity index (χ0v) is 14.1. The van der Waals surface area contributed by atoms with Gasteiger partial charge >= 0.3 is 0 Å². The molecular formula is C19H28N4. The smallest absolute Gasteiger partial charge is 0.0991 e. The van der Waals surface area contributed by atoms with Crippen LogP contribution in [0.4, 0.5) is 0 Å². The van der Waals surface area contributed by atoms with Gasteiger partial charge in [-0.2, -0.15) is 0 Å². The number of piperidine rings is 1. The number of nitrogens with zero attached hydrogens (tertiary/aromatic N) is 3. The predicted octanol–water partition coefficient (Wildman–Crippen LogP) is 3.23. The number of imidazole rings is 1. The molecule has 1 aliphatic rings. The van der Waals surface area contributed by atoms with Crippen molar-refractivity contribution in [2.75, 3.05) is 19.6 Å². The van der Waals surface area contributed by atoms with Crippen LogP contribution in [-0.4, -0.2) is 40.1 Å². The van der Waals surface area contributed by atoms with Crippen molar-refractivity contribution in [3.05, 3.63) is 48.5 Å². The Hall–Kier alpha value is -1.65. The predicted molar refractivity (Wildman–Crippen MR) is 94.8 cm³/mol. The van der Waals surface area contributed by atoms with E-state index in [1.807, 2.05) is 23.3 Å². The minimum atomic E-state index is 0.668. The van der Waals surface area contributed by atoms with E-state index in [4.69, 9.17) is 0 Å². The van der Waals surface area contributed by atoms with Gasteiger partial charge < -0.3 is 14.8 Å². The molecule has 0 amide bonds. The van der Waals surface area contributed by atoms with E-state index in [2.05, 4.69) is 46.4 Å². The highest BCUT2D eigenvalue weighted by Gasteiger charge is 2.17. The Balaban J connectivity index is 1.42. The van der Waals surface area contributed by atoms with Crippen molar-refractivity contribution < 1.29 is 0 Å². The maximum Gasteiger partial charge on any atom is 0.0991 e. The summed E-state index contributed by atoms with van der Waals surface area (Å²) in [6.45, 7) is 7.00. The number of unbranched alkanes of at least 4 members (excludes halogenated alkanes) is 1. The number of likely N-dealkylation sites (tertiary alicyclic amines) is 1. The quantitative estimate of drug-likeness (QED) is 0.852. The lowest BCUT2D eigenvalue weighted by molar-refractivity contribution is 0.195. The van der Waals surface area contributed by atoms with Crippen LogP contribution >= 0.6 is 0 Å². The highest BCUT2D eigenvalue weighted by Crippen LogP contribution is 2.13. The lowest BCUT2D eigenvalue weighted by atomic mass is 10.0. The molecule has 23 heavy (non-hydrogen) atoms. The first-order valence-electron chi connectivity index (χ1n) is 8.88. The summed E-state index contributed by atoms with van der Waals surface area (Å²) in [5, 5.41) is 3.72. The lowest BCUT2D eigenvalue weighted by Gasteiger charge is -2.32. The number of aromatic nitrogens is 2. The number of hydrogen-bond acceptors (Lipinski definition) is 3. The molecule has 3 rings (SSSR count). The summed E-state index contributed by atoms with van der Waals surface area (Å²) in [5.74, 6) is 0. The molecule has 1 aliphatic heterocycles. The molecule has 4 nitrogen and oxygen atoms in total. The summed E-state index contributed by atoms with van der Waals surface area (Å²) in [6, 6.07) is 9.40. The van der Waals surface area contributed by atoms with E-state index in [1.54, 1.807) is 0 Å². The van der Waals surface area contributed by atoms with Gasteiger partial charge in [-0.3, -0.25) is 0 Å². The van der Waals surface area contributed by atoms with Crippen LogP contribution in [0.5, 0.6) is 0 Å². The van der Waals surface area contributed by atoms with Crippen molar-refractivity contribution in [3.8, 4) is 5.69 Å². The van der Waals surface area contributed by atoms with Crippen LogP contribution in [0.25, 0.3) is 5.69 Å². The Bertz CT molecular complexity index is 554. The molecule has 2 aromatic rings. The average Bonchev–Trinajstić information content (AvgIpc) is 3.14. The van der Waals surface area contributed by atoms with Gasteiger partial charge in [0.25, 0.3) is 0 Å². The molecule has 1 N–H and O–H groups in total. The topological polar surface area (TPSA) is 33.1 Å². The SMILES string of the molecule is CCCCN1CCC(NCc2ccc(-n3ccnc3)cc2)CC1. The highest BCUT2D eigenvalue weighted by atomic mass is 15.1. The second kappa shape index (κ2) is 8.27. The summed E-state index contributed by atoms with van der Waals surface area (Å²) in [5.41, 5.74) is 2.51. The van der Waals surface area contributed by atoms with E-state index in [0.717, 1.165) is 12.2 Å². The first-order chi connectivity index (χ1) is 11.3. The molecule has 1 aromatic heterocycles. The molecular weight excluding hydrogens is 284 g/mol. The Kier molecular flexibility index (Phi) is 5.83. The standard InChI is InChI=1S/C19H28N4/c1-2-3-11-22-12-8-18(9-13-22)21-15-17-4-6-19(7-5-17)23-14-10-20-16-23/h4-7,10,14,16,18,21H,2-3,8-9,11-13,15H2,1H3. The third-order valence-electron chi connectivity index (χ3n) is 4.75. The normalized spacial score (nSPS) is 16.7. The largest absolute Gasteiger partial charge is 0.310 e. The molecule has 124 valence electrons. The maximum atomic E-state index is 4.09. The van der Waals surface area contributed by atoms with Crippen molar-refractivity contribution in [3.63, 3.8) is 0 Å². The lowest BCUT2D eigenvalue weighted by Crippen LogP contribution is -2.42. The molecule has 0 aliphatic carbocycles. The second-order valence-corrected chi connectivity index (χ2v) is 6.49. The summed E-state index contributed by atoms with van der Waals surface area (Å²) < 4.78 is 2.03. The molecule has 4 heteroatoms. The Morgan fingerprint density at radius 1 is 1.17 bits per heavy atom. The summed E-state index contributed by atoms with van der Waals surface area (Å²) in [4.78, 5) is 6.70. The van der Waals surface area contributed by atoms with E-state index in [1.165, 1.54) is 50.9 Å². The Morgan fingerprint density at radius 2 is 1.96 bits per heavy atom. The van der Waals surface area contributed by atoms with Gasteiger partial charge in [-0.1, -0.05) is 25.5 Å². The Morgan fingerprint density at radius 3 is 2.61 bits per heavy atom. The number of hydrogen-bond donors (Lipinski definition) is 1. The fourth-order valence-electron chi connectivity index (χ4n) is 3.20. The number of benzene rings is 1. The molecule has 0 saturated carbocycles. The molecule has 0 atom stereocenters. The molecule has 2 heterocycles. The monoisotopic (exact) mass is 312 g/mol. The molecule has 0 bridgehead atoms. The minimum absolute atomic E-state index is 0.668. The zero-order chi connectivity index (χ0) is 15.9. The van der Waals surface area contributed by atoms with Crippen LogP contribution in [0.2, 0.25) is 0 Å². The van der Waals surface area contributed by atoms with E-state index < -0.39 is 0 Å². The second-order valence-electron chi connectivity index (χ2n) is 6.49. The van der Waals surface area contributed by atoms with Gasteiger partial charge in [-0.25, -0.2) is 4.98 Å². The molecule has 0 unspecified atom stereocenters. The fraction of sp³-hybridized carbons (Fsp3) is 0.526. The van der Waals surface area contributed by atoms with Crippen LogP contribution in [0.15, 0.2) is 43.0 Å². The first kappa shape index (κ1) is 16.2. The van der Waals surface area contributed by atoms with Gasteiger partial charge in [-0.15, -0.1) is 0 Å². The third-order valence-corrected chi connectivity index (χ3v) is 4.75. The van der Waals surface area contributed by atoms with Crippen LogP contribution < -0.4 is 5.32 Å². The highest BCUT2D eigenvalue weighted by molar-refractivity contribution is 5.34. The van der Waals surface area contributed by atoms with Crippen LogP contribution in [0.1, 0.15) is 38.2 Å². The third kappa shape index (κ3) is 4.66. The van der Waals surface area contributed by atoms with Gasteiger partial charge in [0, 0.05) is 30.7 Å². The molecule has 0 spiro atoms. The molecule has 0 radical (unpaired) electrons. The van der Waals surface area contributed by atoms with Gasteiger partial charge in [0.1, 0.15) is 0 Å². The van der Waals surface area contributed by atoms with Crippen molar-refractivity contribution in [1.82, 2.24) is 19.8 Å². The molecule has 1 saturated heterocycles. The van der Waals surface area contributed by atoms with Crippen molar-refractivity contribution in [2.45, 2.75) is 45.2 Å². The van der Waals surface area contributed by atoms with Crippen molar-refractivity contribution in [1.29, 1.82) is 0 Å². The van der Waals surface area contributed by atoms with E-state index >= 15 is 0 Å². The Labute approximate surface area is 139 Å². The minimum Gasteiger partial charge on any atom is -0.310 e. The summed E-state index contributed by atoms with van der Waals surface area (Å²) in [7, 11) is 0. The van der Waals surface area contributed by atoms with Crippen molar-refractivity contribution >= 4 is 0 Å². The number of rotatable bonds is 7. The zero-order valence-electron chi connectivity index (χ0n) is 14.1. The van der Waals surface area contributed by atoms with E-state index in [9.17, 15) is 0 Å². The summed E-state index contributed by atoms with van der Waals surface area (Å²) >= 11 is 0. The van der Waals surface area contributed by atoms with Gasteiger partial charge in [0.15, 0.2) is 0 Å². The van der Waals surface area contributed by atoms with Crippen LogP contribution in [0, 0.1) is 0 Å². The van der Waals surface area contributed by atoms with Crippen LogP contribution in [0.3, 0.4) is 0 Å². The van der Waals surface area contributed by atoms with E-state index in [0.29, 0.717) is 6.04 Å².